The molecule has 1 aliphatic heterocycles. The van der Waals surface area contributed by atoms with Crippen molar-refractivity contribution in [2.75, 3.05) is 18.1 Å². The number of ether oxygens (including phenoxy) is 1. The Labute approximate surface area is 184 Å². The molecule has 0 saturated carbocycles. The first-order valence-electron chi connectivity index (χ1n) is 9.32. The molecule has 4 heterocycles. The first-order valence-corrected chi connectivity index (χ1v) is 10.1. The molecule has 164 valence electrons. The second-order valence-electron chi connectivity index (χ2n) is 6.62. The number of hydrogen-bond donors (Lipinski definition) is 1. The number of amides is 1. The Bertz CT molecular complexity index is 1310. The highest BCUT2D eigenvalue weighted by molar-refractivity contribution is 7.12. The molecule has 2 N–H and O–H groups in total. The number of pyridine rings is 1. The summed E-state index contributed by atoms with van der Waals surface area (Å²) in [5.41, 5.74) is 4.89. The van der Waals surface area contributed by atoms with Gasteiger partial charge in [-0.2, -0.15) is 13.9 Å². The molecule has 3 aromatic heterocycles. The lowest BCUT2D eigenvalue weighted by Crippen LogP contribution is -2.35. The number of nitrogens with zero attached hydrogens (tertiary/aromatic N) is 5. The van der Waals surface area contributed by atoms with Crippen LogP contribution in [0.1, 0.15) is 9.75 Å². The number of anilines is 1. The zero-order chi connectivity index (χ0) is 22.7. The Morgan fingerprint density at radius 2 is 2.12 bits per heavy atom. The van der Waals surface area contributed by atoms with E-state index in [0.29, 0.717) is 16.4 Å². The quantitative estimate of drug-likeness (QED) is 0.579. The van der Waals surface area contributed by atoms with Crippen LogP contribution in [-0.4, -0.2) is 38.4 Å². The summed E-state index contributed by atoms with van der Waals surface area (Å²) in [4.78, 5) is 31.4. The fourth-order valence-corrected chi connectivity index (χ4v) is 3.75. The minimum atomic E-state index is -1.91. The van der Waals surface area contributed by atoms with Crippen molar-refractivity contribution in [3.63, 3.8) is 0 Å². The van der Waals surface area contributed by atoms with Crippen molar-refractivity contribution < 1.29 is 18.3 Å². The van der Waals surface area contributed by atoms with Crippen LogP contribution in [0.2, 0.25) is 0 Å². The molecule has 0 bridgehead atoms. The van der Waals surface area contributed by atoms with Gasteiger partial charge in [0, 0.05) is 29.2 Å². The predicted molar refractivity (Wildman–Crippen MR) is 112 cm³/mol. The van der Waals surface area contributed by atoms with Crippen LogP contribution in [-0.2, 0) is 17.9 Å². The monoisotopic (exact) mass is 458 g/mol. The van der Waals surface area contributed by atoms with Gasteiger partial charge in [-0.25, -0.2) is 19.4 Å². The van der Waals surface area contributed by atoms with Crippen molar-refractivity contribution >= 4 is 22.9 Å². The largest absolute Gasteiger partial charge is 0.466 e. The third-order valence-electron chi connectivity index (χ3n) is 4.50. The van der Waals surface area contributed by atoms with Crippen molar-refractivity contribution in [1.82, 2.24) is 19.3 Å². The molecule has 0 unspecified atom stereocenters. The Morgan fingerprint density at radius 3 is 2.91 bits per heavy atom. The zero-order valence-corrected chi connectivity index (χ0v) is 17.3. The Kier molecular flexibility index (Phi) is 6.11. The lowest BCUT2D eigenvalue weighted by molar-refractivity contribution is -0.120. The Balaban J connectivity index is 1.49. The SMILES string of the molecule is NCC(Cn1ncn(Cc2ccc(C#CN3C(=O)COc4ncccc43)s2)c1=O)=C(F)F. The molecule has 0 aliphatic carbocycles. The smallest absolute Gasteiger partial charge is 0.346 e. The van der Waals surface area contributed by atoms with Crippen LogP contribution in [0.5, 0.6) is 5.88 Å². The molecule has 1 amide bonds. The number of aromatic nitrogens is 4. The molecule has 0 saturated heterocycles. The normalized spacial score (nSPS) is 12.6. The summed E-state index contributed by atoms with van der Waals surface area (Å²) in [5, 5.41) is 3.87. The molecule has 32 heavy (non-hydrogen) atoms. The van der Waals surface area contributed by atoms with Gasteiger partial charge < -0.3 is 10.5 Å². The Hall–Kier alpha value is -3.82. The van der Waals surface area contributed by atoms with E-state index in [4.69, 9.17) is 10.5 Å². The minimum Gasteiger partial charge on any atom is -0.466 e. The van der Waals surface area contributed by atoms with Gasteiger partial charge in [-0.05, 0) is 30.2 Å². The molecule has 3 aromatic rings. The Morgan fingerprint density at radius 1 is 1.28 bits per heavy atom. The zero-order valence-electron chi connectivity index (χ0n) is 16.5. The second kappa shape index (κ2) is 9.13. The van der Waals surface area contributed by atoms with Crippen LogP contribution in [0, 0.1) is 12.0 Å². The molecule has 0 spiro atoms. The van der Waals surface area contributed by atoms with Gasteiger partial charge in [0.25, 0.3) is 12.0 Å². The molecule has 12 heteroatoms. The van der Waals surface area contributed by atoms with Crippen molar-refractivity contribution in [1.29, 1.82) is 0 Å². The van der Waals surface area contributed by atoms with Crippen LogP contribution in [0.25, 0.3) is 0 Å². The lowest BCUT2D eigenvalue weighted by atomic mass is 10.3. The predicted octanol–water partition coefficient (Wildman–Crippen LogP) is 1.39. The summed E-state index contributed by atoms with van der Waals surface area (Å²) in [6, 6.07) is 9.77. The van der Waals surface area contributed by atoms with E-state index in [9.17, 15) is 18.4 Å². The molecule has 4 rings (SSSR count). The van der Waals surface area contributed by atoms with E-state index in [1.807, 2.05) is 0 Å². The first kappa shape index (κ1) is 21.4. The van der Waals surface area contributed by atoms with Gasteiger partial charge in [-0.15, -0.1) is 11.3 Å². The highest BCUT2D eigenvalue weighted by Gasteiger charge is 2.25. The summed E-state index contributed by atoms with van der Waals surface area (Å²) in [6.07, 6.45) is 0.943. The number of hydrogen-bond acceptors (Lipinski definition) is 7. The maximum Gasteiger partial charge on any atom is 0.346 e. The topological polar surface area (TPSA) is 108 Å². The number of fused-ring (bicyclic) bond motifs is 1. The summed E-state index contributed by atoms with van der Waals surface area (Å²) < 4.78 is 33.1. The number of nitrogens with two attached hydrogens (primary N) is 1. The van der Waals surface area contributed by atoms with Crippen molar-refractivity contribution in [2.24, 2.45) is 5.73 Å². The van der Waals surface area contributed by atoms with Gasteiger partial charge in [0.1, 0.15) is 12.0 Å². The van der Waals surface area contributed by atoms with Crippen molar-refractivity contribution in [3.05, 3.63) is 68.7 Å². The van der Waals surface area contributed by atoms with Crippen molar-refractivity contribution in [2.45, 2.75) is 13.1 Å². The molecule has 0 aromatic carbocycles. The molecule has 0 atom stereocenters. The molecule has 0 fully saturated rings. The van der Waals surface area contributed by atoms with Gasteiger partial charge in [0.2, 0.25) is 5.88 Å². The standard InChI is InChI=1S/C20H16F2N6O3S/c21-18(22)13(8-23)9-28-20(30)26(12-25-28)10-15-4-3-14(32-15)5-7-27-16-2-1-6-24-19(16)31-11-17(27)29/h1-4,6,12H,8-11,23H2. The van der Waals surface area contributed by atoms with Gasteiger partial charge in [0.15, 0.2) is 6.61 Å². The van der Waals surface area contributed by atoms with Gasteiger partial charge in [-0.3, -0.25) is 9.36 Å². The summed E-state index contributed by atoms with van der Waals surface area (Å²) in [7, 11) is 0. The number of halogens is 2. The maximum absolute atomic E-state index is 12.8. The number of rotatable bonds is 5. The highest BCUT2D eigenvalue weighted by Crippen LogP contribution is 2.28. The van der Waals surface area contributed by atoms with E-state index in [-0.39, 0.29) is 37.7 Å². The lowest BCUT2D eigenvalue weighted by Gasteiger charge is -2.22. The third kappa shape index (κ3) is 4.43. The van der Waals surface area contributed by atoms with E-state index in [2.05, 4.69) is 22.0 Å². The number of thiophene rings is 1. The van der Waals surface area contributed by atoms with Crippen molar-refractivity contribution in [3.8, 4) is 17.8 Å². The van der Waals surface area contributed by atoms with Crippen LogP contribution >= 0.6 is 11.3 Å². The van der Waals surface area contributed by atoms with E-state index in [1.54, 1.807) is 30.5 Å². The minimum absolute atomic E-state index is 0.144. The second-order valence-corrected chi connectivity index (χ2v) is 7.78. The number of carbonyl (C=O) groups is 1. The maximum atomic E-state index is 12.8. The van der Waals surface area contributed by atoms with E-state index < -0.39 is 11.8 Å². The van der Waals surface area contributed by atoms with Crippen LogP contribution in [0.3, 0.4) is 0 Å². The average molecular weight is 458 g/mol. The molecular weight excluding hydrogens is 442 g/mol. The summed E-state index contributed by atoms with van der Waals surface area (Å²) >= 11 is 1.34. The van der Waals surface area contributed by atoms with E-state index >= 15 is 0 Å². The first-order chi connectivity index (χ1) is 15.5. The fraction of sp³-hybridized carbons (Fsp3) is 0.200. The fourth-order valence-electron chi connectivity index (χ4n) is 2.90. The van der Waals surface area contributed by atoms with E-state index in [0.717, 1.165) is 9.56 Å². The molecule has 1 aliphatic rings. The third-order valence-corrected chi connectivity index (χ3v) is 5.49. The van der Waals surface area contributed by atoms with Crippen LogP contribution < -0.4 is 21.1 Å². The van der Waals surface area contributed by atoms with E-state index in [1.165, 1.54) is 27.1 Å². The number of carbonyl (C=O) groups excluding carboxylic acids is 1. The van der Waals surface area contributed by atoms with Crippen LogP contribution in [0.15, 0.2) is 53.2 Å². The summed E-state index contributed by atoms with van der Waals surface area (Å²) in [5.74, 6) is 2.97. The molecule has 0 radical (unpaired) electrons. The summed E-state index contributed by atoms with van der Waals surface area (Å²) in [6.45, 7) is -0.667. The molecular formula is C20H16F2N6O3S. The highest BCUT2D eigenvalue weighted by atomic mass is 32.1. The van der Waals surface area contributed by atoms with Crippen LogP contribution in [0.4, 0.5) is 14.5 Å². The molecule has 9 nitrogen and oxygen atoms in total. The van der Waals surface area contributed by atoms with Gasteiger partial charge in [0.05, 0.1) is 18.0 Å². The van der Waals surface area contributed by atoms with Gasteiger partial charge >= 0.3 is 5.69 Å². The van der Waals surface area contributed by atoms with Gasteiger partial charge in [-0.1, -0.05) is 0 Å². The average Bonchev–Trinajstić information content (AvgIpc) is 3.38.